The standard InChI is InChI=1S/C23H22ClN3O3/c1-15(2)25-14-27(26-13-12-19(28)22(29)21(26)23(25)30)20(16-8-4-3-5-9-16)17-10-6-7-11-18(17)24/h3-13,15,20,29H,14H2,1-2H3. The molecule has 0 radical (unpaired) electrons. The van der Waals surface area contributed by atoms with E-state index in [1.54, 1.807) is 9.58 Å². The van der Waals surface area contributed by atoms with Crippen molar-refractivity contribution in [2.75, 3.05) is 11.7 Å². The molecule has 0 fully saturated rings. The van der Waals surface area contributed by atoms with E-state index in [-0.39, 0.29) is 30.4 Å². The quantitative estimate of drug-likeness (QED) is 0.694. The first-order valence-corrected chi connectivity index (χ1v) is 10.1. The number of carbonyl (C=O) groups excluding carboxylic acids is 1. The molecule has 154 valence electrons. The second kappa shape index (κ2) is 7.88. The molecule has 0 bridgehead atoms. The summed E-state index contributed by atoms with van der Waals surface area (Å²) in [4.78, 5) is 26.8. The van der Waals surface area contributed by atoms with Crippen molar-refractivity contribution < 1.29 is 9.90 Å². The van der Waals surface area contributed by atoms with Crippen molar-refractivity contribution in [3.8, 4) is 5.75 Å². The van der Waals surface area contributed by atoms with Crippen molar-refractivity contribution in [1.29, 1.82) is 0 Å². The molecule has 0 spiro atoms. The maximum Gasteiger partial charge on any atom is 0.278 e. The van der Waals surface area contributed by atoms with Crippen LogP contribution in [-0.4, -0.2) is 33.3 Å². The Morgan fingerprint density at radius 2 is 1.63 bits per heavy atom. The van der Waals surface area contributed by atoms with Crippen molar-refractivity contribution in [1.82, 2.24) is 9.58 Å². The minimum Gasteiger partial charge on any atom is -0.502 e. The van der Waals surface area contributed by atoms with Crippen molar-refractivity contribution >= 4 is 17.5 Å². The molecule has 4 rings (SSSR count). The van der Waals surface area contributed by atoms with Gasteiger partial charge in [-0.2, -0.15) is 0 Å². The van der Waals surface area contributed by atoms with Crippen molar-refractivity contribution in [3.05, 3.63) is 98.9 Å². The summed E-state index contributed by atoms with van der Waals surface area (Å²) >= 11 is 6.58. The number of nitrogens with zero attached hydrogens (tertiary/aromatic N) is 3. The number of amides is 1. The summed E-state index contributed by atoms with van der Waals surface area (Å²) in [5.74, 6) is -0.939. The highest BCUT2D eigenvalue weighted by molar-refractivity contribution is 6.31. The van der Waals surface area contributed by atoms with E-state index >= 15 is 0 Å². The Morgan fingerprint density at radius 1 is 0.967 bits per heavy atom. The lowest BCUT2D eigenvalue weighted by molar-refractivity contribution is 0.0621. The number of hydrogen-bond donors (Lipinski definition) is 1. The minimum atomic E-state index is -0.589. The Morgan fingerprint density at radius 3 is 2.30 bits per heavy atom. The van der Waals surface area contributed by atoms with Crippen LogP contribution in [0.25, 0.3) is 0 Å². The van der Waals surface area contributed by atoms with Crippen LogP contribution in [0.15, 0.2) is 71.7 Å². The molecule has 0 saturated carbocycles. The molecule has 7 heteroatoms. The maximum atomic E-state index is 13.1. The lowest BCUT2D eigenvalue weighted by Crippen LogP contribution is -2.57. The van der Waals surface area contributed by atoms with Gasteiger partial charge in [0.1, 0.15) is 6.67 Å². The van der Waals surface area contributed by atoms with Crippen LogP contribution in [-0.2, 0) is 0 Å². The zero-order valence-electron chi connectivity index (χ0n) is 16.7. The molecule has 30 heavy (non-hydrogen) atoms. The third-order valence-corrected chi connectivity index (χ3v) is 5.67. The van der Waals surface area contributed by atoms with Crippen molar-refractivity contribution in [2.45, 2.75) is 25.9 Å². The lowest BCUT2D eigenvalue weighted by Gasteiger charge is -2.45. The van der Waals surface area contributed by atoms with Gasteiger partial charge in [-0.25, -0.2) is 0 Å². The number of benzene rings is 2. The van der Waals surface area contributed by atoms with E-state index in [1.165, 1.54) is 12.3 Å². The fourth-order valence-corrected chi connectivity index (χ4v) is 4.04. The summed E-state index contributed by atoms with van der Waals surface area (Å²) in [6, 6.07) is 18.1. The zero-order chi connectivity index (χ0) is 21.4. The third-order valence-electron chi connectivity index (χ3n) is 5.33. The summed E-state index contributed by atoms with van der Waals surface area (Å²) < 4.78 is 1.57. The molecular weight excluding hydrogens is 402 g/mol. The van der Waals surface area contributed by atoms with Gasteiger partial charge in [0.2, 0.25) is 5.43 Å². The molecule has 0 aliphatic carbocycles. The number of carbonyl (C=O) groups is 1. The predicted octanol–water partition coefficient (Wildman–Crippen LogP) is 3.76. The summed E-state index contributed by atoms with van der Waals surface area (Å²) in [5.41, 5.74) is 1.19. The van der Waals surface area contributed by atoms with Crippen LogP contribution in [0.4, 0.5) is 0 Å². The van der Waals surface area contributed by atoms with Crippen LogP contribution < -0.4 is 10.4 Å². The van der Waals surface area contributed by atoms with E-state index < -0.39 is 11.2 Å². The minimum absolute atomic E-state index is 0.0459. The maximum absolute atomic E-state index is 13.1. The molecule has 3 aromatic rings. The van der Waals surface area contributed by atoms with Gasteiger partial charge in [-0.05, 0) is 31.0 Å². The van der Waals surface area contributed by atoms with E-state index in [2.05, 4.69) is 0 Å². The van der Waals surface area contributed by atoms with Crippen LogP contribution in [0.3, 0.4) is 0 Å². The smallest absolute Gasteiger partial charge is 0.278 e. The van der Waals surface area contributed by atoms with Crippen LogP contribution in [0.1, 0.15) is 41.5 Å². The lowest BCUT2D eigenvalue weighted by atomic mass is 9.97. The second-order valence-corrected chi connectivity index (χ2v) is 7.91. The number of halogens is 1. The molecule has 1 unspecified atom stereocenters. The highest BCUT2D eigenvalue weighted by Crippen LogP contribution is 2.35. The van der Waals surface area contributed by atoms with Gasteiger partial charge in [0.15, 0.2) is 11.4 Å². The Hall–Kier alpha value is -3.25. The second-order valence-electron chi connectivity index (χ2n) is 7.51. The van der Waals surface area contributed by atoms with Gasteiger partial charge in [0.25, 0.3) is 5.91 Å². The Balaban J connectivity index is 1.98. The number of hydrogen-bond acceptors (Lipinski definition) is 4. The molecule has 2 heterocycles. The van der Waals surface area contributed by atoms with Crippen LogP contribution >= 0.6 is 11.6 Å². The Bertz CT molecular complexity index is 1140. The van der Waals surface area contributed by atoms with E-state index in [0.29, 0.717) is 5.02 Å². The number of rotatable bonds is 4. The van der Waals surface area contributed by atoms with E-state index in [1.807, 2.05) is 73.5 Å². The molecule has 1 aliphatic rings. The third kappa shape index (κ3) is 3.33. The van der Waals surface area contributed by atoms with E-state index in [0.717, 1.165) is 11.1 Å². The number of aromatic nitrogens is 1. The average molecular weight is 424 g/mol. The molecule has 1 amide bonds. The van der Waals surface area contributed by atoms with E-state index in [4.69, 9.17) is 11.6 Å². The first kappa shape index (κ1) is 20.0. The van der Waals surface area contributed by atoms with Gasteiger partial charge in [0.05, 0.1) is 6.04 Å². The molecule has 1 aliphatic heterocycles. The summed E-state index contributed by atoms with van der Waals surface area (Å²) in [7, 11) is 0. The molecule has 0 saturated heterocycles. The van der Waals surface area contributed by atoms with Crippen molar-refractivity contribution in [3.63, 3.8) is 0 Å². The molecular formula is C23H22ClN3O3. The predicted molar refractivity (Wildman–Crippen MR) is 116 cm³/mol. The molecule has 1 atom stereocenters. The Kier molecular flexibility index (Phi) is 5.26. The van der Waals surface area contributed by atoms with Crippen molar-refractivity contribution in [2.24, 2.45) is 0 Å². The SMILES string of the molecule is CC(C)N1CN(C(c2ccccc2)c2ccccc2Cl)n2ccc(=O)c(O)c2C1=O. The van der Waals surface area contributed by atoms with Gasteiger partial charge >= 0.3 is 0 Å². The highest BCUT2D eigenvalue weighted by atomic mass is 35.5. The topological polar surface area (TPSA) is 65.8 Å². The molecule has 1 aromatic heterocycles. The van der Waals surface area contributed by atoms with Gasteiger partial charge in [-0.1, -0.05) is 60.1 Å². The normalized spacial score (nSPS) is 14.7. The number of fused-ring (bicyclic) bond motifs is 1. The van der Waals surface area contributed by atoms with Crippen LogP contribution in [0.5, 0.6) is 5.75 Å². The van der Waals surface area contributed by atoms with E-state index in [9.17, 15) is 14.7 Å². The molecule has 6 nitrogen and oxygen atoms in total. The fourth-order valence-electron chi connectivity index (χ4n) is 3.80. The fraction of sp³-hybridized carbons (Fsp3) is 0.217. The monoisotopic (exact) mass is 423 g/mol. The summed E-state index contributed by atoms with van der Waals surface area (Å²) in [6.07, 6.45) is 1.53. The summed E-state index contributed by atoms with van der Waals surface area (Å²) in [5, 5.41) is 13.0. The van der Waals surface area contributed by atoms with Gasteiger partial charge in [-0.15, -0.1) is 0 Å². The zero-order valence-corrected chi connectivity index (χ0v) is 17.5. The van der Waals surface area contributed by atoms with Crippen LogP contribution in [0.2, 0.25) is 5.02 Å². The first-order chi connectivity index (χ1) is 14.4. The van der Waals surface area contributed by atoms with Crippen LogP contribution in [0, 0.1) is 0 Å². The Labute approximate surface area is 179 Å². The summed E-state index contributed by atoms with van der Waals surface area (Å²) in [6.45, 7) is 4.06. The van der Waals surface area contributed by atoms with Gasteiger partial charge in [0, 0.05) is 23.3 Å². The van der Waals surface area contributed by atoms with Gasteiger partial charge < -0.3 is 10.0 Å². The first-order valence-electron chi connectivity index (χ1n) is 9.72. The average Bonchev–Trinajstić information content (AvgIpc) is 2.74. The number of aromatic hydroxyl groups is 1. The highest BCUT2D eigenvalue weighted by Gasteiger charge is 2.37. The molecule has 1 N–H and O–H groups in total. The number of pyridine rings is 1. The largest absolute Gasteiger partial charge is 0.502 e. The molecule has 2 aromatic carbocycles. The van der Waals surface area contributed by atoms with Gasteiger partial charge in [-0.3, -0.25) is 19.3 Å².